The molecule has 0 aromatic carbocycles. The molecule has 0 unspecified atom stereocenters. The van der Waals surface area contributed by atoms with Crippen LogP contribution in [0.1, 0.15) is 16.8 Å². The Kier molecular flexibility index (Phi) is 3.91. The van der Waals surface area contributed by atoms with Crippen LogP contribution in [0.15, 0.2) is 24.7 Å². The lowest BCUT2D eigenvalue weighted by Gasteiger charge is -2.09. The number of anilines is 2. The normalized spacial score (nSPS) is 10.3. The first kappa shape index (κ1) is 12.8. The van der Waals surface area contributed by atoms with Crippen LogP contribution in [0.4, 0.5) is 11.5 Å². The number of amides is 1. The Morgan fingerprint density at radius 1 is 1.47 bits per heavy atom. The molecule has 0 aliphatic heterocycles. The molecule has 2 aromatic rings. The van der Waals surface area contributed by atoms with E-state index in [1.54, 1.807) is 17.1 Å². The van der Waals surface area contributed by atoms with E-state index in [4.69, 9.17) is 11.5 Å². The van der Waals surface area contributed by atoms with Gasteiger partial charge >= 0.3 is 0 Å². The molecule has 0 aliphatic carbocycles. The van der Waals surface area contributed by atoms with Gasteiger partial charge in [0, 0.05) is 19.3 Å². The van der Waals surface area contributed by atoms with E-state index in [0.717, 1.165) is 13.0 Å². The number of hydrogen-bond donors (Lipinski definition) is 3. The van der Waals surface area contributed by atoms with Crippen molar-refractivity contribution in [3.8, 4) is 0 Å². The molecule has 2 heterocycles. The number of rotatable bonds is 6. The van der Waals surface area contributed by atoms with Crippen LogP contribution in [0, 0.1) is 0 Å². The second-order valence-electron chi connectivity index (χ2n) is 3.98. The summed E-state index contributed by atoms with van der Waals surface area (Å²) in [7, 11) is 0. The highest BCUT2D eigenvalue weighted by Crippen LogP contribution is 2.14. The van der Waals surface area contributed by atoms with E-state index < -0.39 is 5.91 Å². The molecule has 0 radical (unpaired) electrons. The summed E-state index contributed by atoms with van der Waals surface area (Å²) in [6, 6.07) is 1.51. The number of nitrogens with one attached hydrogen (secondary N) is 1. The largest absolute Gasteiger partial charge is 0.397 e. The summed E-state index contributed by atoms with van der Waals surface area (Å²) in [5.74, 6) is -0.112. The molecular weight excluding hydrogens is 246 g/mol. The average Bonchev–Trinajstić information content (AvgIpc) is 2.89. The van der Waals surface area contributed by atoms with Crippen LogP contribution in [-0.2, 0) is 6.54 Å². The predicted octanol–water partition coefficient (Wildman–Crippen LogP) is -0.144. The highest BCUT2D eigenvalue weighted by Gasteiger charge is 2.09. The van der Waals surface area contributed by atoms with Crippen molar-refractivity contribution in [2.24, 2.45) is 5.73 Å². The Morgan fingerprint density at radius 3 is 3.00 bits per heavy atom. The summed E-state index contributed by atoms with van der Waals surface area (Å²) >= 11 is 0. The Balaban J connectivity index is 1.90. The number of primary amides is 1. The number of pyridine rings is 1. The van der Waals surface area contributed by atoms with Crippen LogP contribution in [0.5, 0.6) is 0 Å². The molecule has 0 bridgehead atoms. The number of carbonyl (C=O) groups excluding carboxylic acids is 1. The summed E-state index contributed by atoms with van der Waals surface area (Å²) in [5.41, 5.74) is 11.5. The standard InChI is InChI=1S/C11H15N7O/c12-8-6-9(10(13)19)11(15-7-8)14-2-1-4-18-5-3-16-17-18/h3,5-7H,1-2,4,12H2,(H2,13,19)(H,14,15). The molecule has 8 nitrogen and oxygen atoms in total. The molecule has 1 amide bonds. The first-order valence-electron chi connectivity index (χ1n) is 5.80. The van der Waals surface area contributed by atoms with Crippen LogP contribution in [0.2, 0.25) is 0 Å². The molecule has 5 N–H and O–H groups in total. The molecule has 100 valence electrons. The minimum atomic E-state index is -0.557. The van der Waals surface area contributed by atoms with Gasteiger partial charge in [-0.25, -0.2) is 4.98 Å². The molecule has 8 heteroatoms. The van der Waals surface area contributed by atoms with Gasteiger partial charge in [-0.2, -0.15) is 0 Å². The van der Waals surface area contributed by atoms with Gasteiger partial charge in [-0.05, 0) is 12.5 Å². The molecule has 0 atom stereocenters. The maximum atomic E-state index is 11.3. The maximum absolute atomic E-state index is 11.3. The maximum Gasteiger partial charge on any atom is 0.252 e. The third-order valence-corrected chi connectivity index (χ3v) is 2.50. The third-order valence-electron chi connectivity index (χ3n) is 2.50. The van der Waals surface area contributed by atoms with E-state index in [1.165, 1.54) is 12.3 Å². The quantitative estimate of drug-likeness (QED) is 0.621. The topological polar surface area (TPSA) is 125 Å². The molecule has 2 aromatic heterocycles. The lowest BCUT2D eigenvalue weighted by atomic mass is 10.2. The Bertz CT molecular complexity index is 552. The van der Waals surface area contributed by atoms with Crippen molar-refractivity contribution >= 4 is 17.4 Å². The fourth-order valence-electron chi connectivity index (χ4n) is 1.61. The van der Waals surface area contributed by atoms with E-state index in [-0.39, 0.29) is 0 Å². The molecule has 2 rings (SSSR count). The van der Waals surface area contributed by atoms with Crippen molar-refractivity contribution in [2.75, 3.05) is 17.6 Å². The SMILES string of the molecule is NC(=O)c1cc(N)cnc1NCCCn1ccnn1. The summed E-state index contributed by atoms with van der Waals surface area (Å²) in [6.45, 7) is 1.37. The van der Waals surface area contributed by atoms with Crippen LogP contribution < -0.4 is 16.8 Å². The molecular formula is C11H15N7O. The highest BCUT2D eigenvalue weighted by molar-refractivity contribution is 5.98. The van der Waals surface area contributed by atoms with Gasteiger partial charge < -0.3 is 16.8 Å². The second-order valence-corrected chi connectivity index (χ2v) is 3.98. The summed E-state index contributed by atoms with van der Waals surface area (Å²) in [5, 5.41) is 10.6. The van der Waals surface area contributed by atoms with Gasteiger partial charge in [0.05, 0.1) is 23.6 Å². The highest BCUT2D eigenvalue weighted by atomic mass is 16.1. The Hall–Kier alpha value is -2.64. The zero-order valence-electron chi connectivity index (χ0n) is 10.3. The number of carbonyl (C=O) groups is 1. The van der Waals surface area contributed by atoms with Crippen molar-refractivity contribution in [1.82, 2.24) is 20.0 Å². The van der Waals surface area contributed by atoms with Gasteiger partial charge in [0.25, 0.3) is 5.91 Å². The van der Waals surface area contributed by atoms with Gasteiger partial charge in [0.2, 0.25) is 0 Å². The molecule has 0 aliphatic rings. The number of nitrogens with zero attached hydrogens (tertiary/aromatic N) is 4. The first-order valence-corrected chi connectivity index (χ1v) is 5.80. The van der Waals surface area contributed by atoms with E-state index in [9.17, 15) is 4.79 Å². The number of aryl methyl sites for hydroxylation is 1. The number of aromatic nitrogens is 4. The summed E-state index contributed by atoms with van der Waals surface area (Å²) in [4.78, 5) is 15.3. The third kappa shape index (κ3) is 3.41. The monoisotopic (exact) mass is 261 g/mol. The fraction of sp³-hybridized carbons (Fsp3) is 0.273. The molecule has 0 fully saturated rings. The van der Waals surface area contributed by atoms with E-state index in [2.05, 4.69) is 20.6 Å². The zero-order chi connectivity index (χ0) is 13.7. The van der Waals surface area contributed by atoms with Crippen molar-refractivity contribution in [2.45, 2.75) is 13.0 Å². The molecule has 0 saturated carbocycles. The van der Waals surface area contributed by atoms with Crippen molar-refractivity contribution < 1.29 is 4.79 Å². The summed E-state index contributed by atoms with van der Waals surface area (Å²) < 4.78 is 1.73. The van der Waals surface area contributed by atoms with E-state index in [0.29, 0.717) is 23.6 Å². The predicted molar refractivity (Wildman–Crippen MR) is 70.3 cm³/mol. The Morgan fingerprint density at radius 2 is 2.32 bits per heavy atom. The molecule has 0 saturated heterocycles. The van der Waals surface area contributed by atoms with E-state index >= 15 is 0 Å². The smallest absolute Gasteiger partial charge is 0.252 e. The van der Waals surface area contributed by atoms with E-state index in [1.807, 2.05) is 0 Å². The first-order chi connectivity index (χ1) is 9.16. The van der Waals surface area contributed by atoms with Gasteiger partial charge in [-0.3, -0.25) is 9.48 Å². The number of nitrogen functional groups attached to an aromatic ring is 1. The van der Waals surface area contributed by atoms with Gasteiger partial charge in [0.15, 0.2) is 0 Å². The lowest BCUT2D eigenvalue weighted by molar-refractivity contribution is 0.100. The molecule has 0 spiro atoms. The van der Waals surface area contributed by atoms with Gasteiger partial charge in [-0.15, -0.1) is 5.10 Å². The second kappa shape index (κ2) is 5.80. The minimum Gasteiger partial charge on any atom is -0.397 e. The average molecular weight is 261 g/mol. The van der Waals surface area contributed by atoms with Crippen molar-refractivity contribution in [3.63, 3.8) is 0 Å². The van der Waals surface area contributed by atoms with Gasteiger partial charge in [-0.1, -0.05) is 5.21 Å². The van der Waals surface area contributed by atoms with Gasteiger partial charge in [0.1, 0.15) is 5.82 Å². The zero-order valence-corrected chi connectivity index (χ0v) is 10.3. The number of hydrogen-bond acceptors (Lipinski definition) is 6. The van der Waals surface area contributed by atoms with Crippen LogP contribution in [0.3, 0.4) is 0 Å². The minimum absolute atomic E-state index is 0.292. The number of nitrogens with two attached hydrogens (primary N) is 2. The summed E-state index contributed by atoms with van der Waals surface area (Å²) in [6.07, 6.45) is 5.70. The van der Waals surface area contributed by atoms with Crippen LogP contribution in [-0.4, -0.2) is 32.4 Å². The van der Waals surface area contributed by atoms with Crippen molar-refractivity contribution in [3.05, 3.63) is 30.2 Å². The van der Waals surface area contributed by atoms with Crippen LogP contribution >= 0.6 is 0 Å². The van der Waals surface area contributed by atoms with Crippen LogP contribution in [0.25, 0.3) is 0 Å². The fourth-order valence-corrected chi connectivity index (χ4v) is 1.61. The Labute approximate surface area is 109 Å². The lowest BCUT2D eigenvalue weighted by Crippen LogP contribution is -2.17. The van der Waals surface area contributed by atoms with Crippen molar-refractivity contribution in [1.29, 1.82) is 0 Å². The molecule has 19 heavy (non-hydrogen) atoms.